The second kappa shape index (κ2) is 6.25. The van der Waals surface area contributed by atoms with Gasteiger partial charge in [-0.05, 0) is 41.8 Å². The van der Waals surface area contributed by atoms with Crippen LogP contribution in [0.5, 0.6) is 0 Å². The molecule has 0 aliphatic carbocycles. The van der Waals surface area contributed by atoms with E-state index in [1.54, 1.807) is 0 Å². The van der Waals surface area contributed by atoms with Crippen molar-refractivity contribution in [1.82, 2.24) is 4.90 Å². The zero-order valence-electron chi connectivity index (χ0n) is 13.5. The van der Waals surface area contributed by atoms with Crippen molar-refractivity contribution in [3.05, 3.63) is 57.3 Å². The van der Waals surface area contributed by atoms with Crippen molar-refractivity contribution in [2.45, 2.75) is 39.7 Å². The zero-order valence-corrected chi connectivity index (χ0v) is 14.3. The Morgan fingerprint density at radius 2 is 2.00 bits per heavy atom. The van der Waals surface area contributed by atoms with E-state index in [-0.39, 0.29) is 11.9 Å². The van der Waals surface area contributed by atoms with Gasteiger partial charge in [-0.1, -0.05) is 43.7 Å². The van der Waals surface area contributed by atoms with Gasteiger partial charge in [-0.3, -0.25) is 4.79 Å². The molecule has 3 heteroatoms. The molecule has 1 atom stereocenters. The van der Waals surface area contributed by atoms with E-state index in [9.17, 15) is 4.79 Å². The molecule has 0 saturated carbocycles. The monoisotopic (exact) mass is 313 g/mol. The van der Waals surface area contributed by atoms with Crippen molar-refractivity contribution < 1.29 is 4.79 Å². The molecule has 0 fully saturated rings. The number of carbonyl (C=O) groups excluding carboxylic acids is 1. The first-order valence-corrected chi connectivity index (χ1v) is 8.86. The predicted octanol–water partition coefficient (Wildman–Crippen LogP) is 4.58. The number of thiophene rings is 1. The second-order valence-corrected chi connectivity index (χ2v) is 7.55. The van der Waals surface area contributed by atoms with Crippen LogP contribution in [0.2, 0.25) is 0 Å². The lowest BCUT2D eigenvalue weighted by molar-refractivity contribution is -0.134. The number of hydrogen-bond acceptors (Lipinski definition) is 2. The molecule has 0 bridgehead atoms. The van der Waals surface area contributed by atoms with Crippen molar-refractivity contribution in [2.75, 3.05) is 6.54 Å². The molecular formula is C19H23NOS. The Morgan fingerprint density at radius 3 is 2.68 bits per heavy atom. The van der Waals surface area contributed by atoms with Crippen molar-refractivity contribution in [3.8, 4) is 0 Å². The summed E-state index contributed by atoms with van der Waals surface area (Å²) in [5.74, 6) is 0.674. The average Bonchev–Trinajstić information content (AvgIpc) is 2.95. The van der Waals surface area contributed by atoms with Gasteiger partial charge in [0.25, 0.3) is 0 Å². The fraction of sp³-hybridized carbons (Fsp3) is 0.421. The Kier molecular flexibility index (Phi) is 4.34. The minimum absolute atomic E-state index is 0.0850. The minimum atomic E-state index is 0.0850. The van der Waals surface area contributed by atoms with E-state index in [0.717, 1.165) is 13.0 Å². The molecule has 1 aliphatic heterocycles. The topological polar surface area (TPSA) is 20.3 Å². The van der Waals surface area contributed by atoms with Gasteiger partial charge in [0.05, 0.1) is 6.04 Å². The van der Waals surface area contributed by atoms with Crippen LogP contribution in [0, 0.1) is 12.8 Å². The highest BCUT2D eigenvalue weighted by Gasteiger charge is 2.32. The van der Waals surface area contributed by atoms with Gasteiger partial charge in [-0.25, -0.2) is 0 Å². The zero-order chi connectivity index (χ0) is 15.7. The second-order valence-electron chi connectivity index (χ2n) is 6.55. The molecule has 0 N–H and O–H groups in total. The predicted molar refractivity (Wildman–Crippen MR) is 92.2 cm³/mol. The highest BCUT2D eigenvalue weighted by atomic mass is 32.1. The molecule has 0 saturated heterocycles. The van der Waals surface area contributed by atoms with Gasteiger partial charge in [-0.15, -0.1) is 11.3 Å². The summed E-state index contributed by atoms with van der Waals surface area (Å²) in [5, 5.41) is 2.16. The lowest BCUT2D eigenvalue weighted by Gasteiger charge is -2.37. The minimum Gasteiger partial charge on any atom is -0.331 e. The lowest BCUT2D eigenvalue weighted by Crippen LogP contribution is -2.40. The van der Waals surface area contributed by atoms with Crippen molar-refractivity contribution in [3.63, 3.8) is 0 Å². The molecule has 1 unspecified atom stereocenters. The van der Waals surface area contributed by atoms with E-state index in [2.05, 4.69) is 61.4 Å². The summed E-state index contributed by atoms with van der Waals surface area (Å²) in [6.07, 6.45) is 1.61. The van der Waals surface area contributed by atoms with Crippen LogP contribution in [-0.2, 0) is 11.2 Å². The normalized spacial score (nSPS) is 17.6. The van der Waals surface area contributed by atoms with Crippen molar-refractivity contribution >= 4 is 17.2 Å². The van der Waals surface area contributed by atoms with Gasteiger partial charge in [0.15, 0.2) is 0 Å². The number of aryl methyl sites for hydroxylation is 1. The standard InChI is InChI=1S/C19H23NOS/c1-13(2)12-18(21)20-10-8-17-16(9-11-22-17)19(20)15-6-4-14(3)5-7-15/h4-7,9,11,13,19H,8,10,12H2,1-3H3. The Hall–Kier alpha value is -1.61. The fourth-order valence-electron chi connectivity index (χ4n) is 3.16. The third-order valence-electron chi connectivity index (χ3n) is 4.26. The number of benzene rings is 1. The molecule has 2 aromatic rings. The van der Waals surface area contributed by atoms with Crippen LogP contribution < -0.4 is 0 Å². The molecule has 0 spiro atoms. The molecule has 116 valence electrons. The van der Waals surface area contributed by atoms with Gasteiger partial charge in [0.1, 0.15) is 0 Å². The summed E-state index contributed by atoms with van der Waals surface area (Å²) < 4.78 is 0. The van der Waals surface area contributed by atoms with E-state index in [1.807, 2.05) is 11.3 Å². The van der Waals surface area contributed by atoms with Crippen molar-refractivity contribution in [1.29, 1.82) is 0 Å². The smallest absolute Gasteiger partial charge is 0.223 e. The summed E-state index contributed by atoms with van der Waals surface area (Å²) in [6.45, 7) is 7.15. The first-order valence-electron chi connectivity index (χ1n) is 7.98. The molecular weight excluding hydrogens is 290 g/mol. The summed E-state index contributed by atoms with van der Waals surface area (Å²) >= 11 is 1.82. The number of nitrogens with zero attached hydrogens (tertiary/aromatic N) is 1. The van der Waals surface area contributed by atoms with E-state index in [1.165, 1.54) is 21.6 Å². The number of fused-ring (bicyclic) bond motifs is 1. The molecule has 1 amide bonds. The molecule has 3 rings (SSSR count). The summed E-state index contributed by atoms with van der Waals surface area (Å²) in [6, 6.07) is 10.9. The van der Waals surface area contributed by atoms with Crippen LogP contribution in [-0.4, -0.2) is 17.4 Å². The van der Waals surface area contributed by atoms with E-state index in [0.29, 0.717) is 12.3 Å². The maximum Gasteiger partial charge on any atom is 0.223 e. The highest BCUT2D eigenvalue weighted by molar-refractivity contribution is 7.10. The molecule has 2 heterocycles. The van der Waals surface area contributed by atoms with Gasteiger partial charge in [0.2, 0.25) is 5.91 Å². The largest absolute Gasteiger partial charge is 0.331 e. The molecule has 2 nitrogen and oxygen atoms in total. The van der Waals surface area contributed by atoms with E-state index < -0.39 is 0 Å². The lowest BCUT2D eigenvalue weighted by atomic mass is 9.92. The first-order chi connectivity index (χ1) is 10.6. The fourth-order valence-corrected chi connectivity index (χ4v) is 4.06. The summed E-state index contributed by atoms with van der Waals surface area (Å²) in [7, 11) is 0. The average molecular weight is 313 g/mol. The molecule has 1 aromatic carbocycles. The maximum atomic E-state index is 12.7. The first kappa shape index (κ1) is 15.3. The van der Waals surface area contributed by atoms with E-state index >= 15 is 0 Å². The van der Waals surface area contributed by atoms with Crippen LogP contribution in [0.15, 0.2) is 35.7 Å². The molecule has 0 radical (unpaired) electrons. The quantitative estimate of drug-likeness (QED) is 0.812. The maximum absolute atomic E-state index is 12.7. The Labute approximate surface area is 136 Å². The Morgan fingerprint density at radius 1 is 1.27 bits per heavy atom. The van der Waals surface area contributed by atoms with Gasteiger partial charge in [-0.2, -0.15) is 0 Å². The van der Waals surface area contributed by atoms with Gasteiger partial charge < -0.3 is 4.90 Å². The Bertz CT molecular complexity index is 656. The number of rotatable bonds is 3. The number of hydrogen-bond donors (Lipinski definition) is 0. The molecule has 22 heavy (non-hydrogen) atoms. The molecule has 1 aliphatic rings. The third kappa shape index (κ3) is 2.95. The SMILES string of the molecule is Cc1ccc(C2c3ccsc3CCN2C(=O)CC(C)C)cc1. The van der Waals surface area contributed by atoms with Gasteiger partial charge >= 0.3 is 0 Å². The summed E-state index contributed by atoms with van der Waals surface area (Å²) in [4.78, 5) is 16.2. The summed E-state index contributed by atoms with van der Waals surface area (Å²) in [5.41, 5.74) is 3.80. The molecule has 1 aromatic heterocycles. The van der Waals surface area contributed by atoms with Crippen LogP contribution in [0.25, 0.3) is 0 Å². The third-order valence-corrected chi connectivity index (χ3v) is 5.26. The van der Waals surface area contributed by atoms with E-state index in [4.69, 9.17) is 0 Å². The van der Waals surface area contributed by atoms with Crippen LogP contribution in [0.3, 0.4) is 0 Å². The number of carbonyl (C=O) groups is 1. The highest BCUT2D eigenvalue weighted by Crippen LogP contribution is 2.38. The van der Waals surface area contributed by atoms with Crippen LogP contribution in [0.1, 0.15) is 47.9 Å². The Balaban J connectivity index is 1.99. The number of amides is 1. The van der Waals surface area contributed by atoms with Crippen LogP contribution >= 0.6 is 11.3 Å². The van der Waals surface area contributed by atoms with Crippen molar-refractivity contribution in [2.24, 2.45) is 5.92 Å². The van der Waals surface area contributed by atoms with Gasteiger partial charge in [0, 0.05) is 17.8 Å². The van der Waals surface area contributed by atoms with Crippen LogP contribution in [0.4, 0.5) is 0 Å².